The minimum absolute atomic E-state index is 0.256. The molecule has 0 rings (SSSR count). The Morgan fingerprint density at radius 1 is 1.21 bits per heavy atom. The SMILES string of the molecule is CCCC(C)(CC)CC(CC)C(C)F. The van der Waals surface area contributed by atoms with Gasteiger partial charge < -0.3 is 0 Å². The van der Waals surface area contributed by atoms with Gasteiger partial charge in [0.05, 0.1) is 0 Å². The molecule has 0 saturated heterocycles. The summed E-state index contributed by atoms with van der Waals surface area (Å²) in [5.41, 5.74) is 0.357. The molecule has 0 fully saturated rings. The van der Waals surface area contributed by atoms with Crippen LogP contribution in [0, 0.1) is 11.3 Å². The van der Waals surface area contributed by atoms with Crippen molar-refractivity contribution in [3.8, 4) is 0 Å². The fraction of sp³-hybridized carbons (Fsp3) is 1.00. The molecule has 0 aliphatic rings. The van der Waals surface area contributed by atoms with E-state index in [0.717, 1.165) is 12.8 Å². The maximum Gasteiger partial charge on any atom is 0.100 e. The van der Waals surface area contributed by atoms with Gasteiger partial charge in [0.2, 0.25) is 0 Å². The molecule has 0 aliphatic heterocycles. The van der Waals surface area contributed by atoms with Crippen molar-refractivity contribution in [3.63, 3.8) is 0 Å². The maximum absolute atomic E-state index is 13.3. The standard InChI is InChI=1S/C13H27F/c1-6-9-13(5,8-3)10-12(7-2)11(4)14/h11-12H,6-10H2,1-5H3. The van der Waals surface area contributed by atoms with Gasteiger partial charge in [0.25, 0.3) is 0 Å². The summed E-state index contributed by atoms with van der Waals surface area (Å²) in [6.45, 7) is 10.6. The van der Waals surface area contributed by atoms with E-state index in [-0.39, 0.29) is 5.92 Å². The Morgan fingerprint density at radius 3 is 2.07 bits per heavy atom. The molecule has 0 aliphatic carbocycles. The highest BCUT2D eigenvalue weighted by Gasteiger charge is 2.27. The van der Waals surface area contributed by atoms with Gasteiger partial charge in [0.1, 0.15) is 6.17 Å². The lowest BCUT2D eigenvalue weighted by atomic mass is 9.74. The normalized spacial score (nSPS) is 20.1. The van der Waals surface area contributed by atoms with E-state index in [4.69, 9.17) is 0 Å². The Labute approximate surface area is 89.3 Å². The predicted molar refractivity (Wildman–Crippen MR) is 62.3 cm³/mol. The van der Waals surface area contributed by atoms with Crippen molar-refractivity contribution in [2.24, 2.45) is 11.3 Å². The van der Waals surface area contributed by atoms with Crippen LogP contribution in [0.15, 0.2) is 0 Å². The summed E-state index contributed by atoms with van der Waals surface area (Å²) >= 11 is 0. The van der Waals surface area contributed by atoms with E-state index in [0.29, 0.717) is 5.41 Å². The summed E-state index contributed by atoms with van der Waals surface area (Å²) in [6.07, 6.45) is 4.98. The van der Waals surface area contributed by atoms with Crippen LogP contribution in [0.1, 0.15) is 66.7 Å². The highest BCUT2D eigenvalue weighted by molar-refractivity contribution is 4.78. The number of alkyl halides is 1. The Hall–Kier alpha value is -0.0700. The van der Waals surface area contributed by atoms with Gasteiger partial charge in [-0.15, -0.1) is 0 Å². The fourth-order valence-corrected chi connectivity index (χ4v) is 2.29. The van der Waals surface area contributed by atoms with E-state index in [2.05, 4.69) is 27.7 Å². The van der Waals surface area contributed by atoms with Crippen molar-refractivity contribution in [1.82, 2.24) is 0 Å². The van der Waals surface area contributed by atoms with Crippen LogP contribution in [0.5, 0.6) is 0 Å². The van der Waals surface area contributed by atoms with Gasteiger partial charge in [0.15, 0.2) is 0 Å². The van der Waals surface area contributed by atoms with Gasteiger partial charge >= 0.3 is 0 Å². The zero-order valence-electron chi connectivity index (χ0n) is 10.6. The van der Waals surface area contributed by atoms with Crippen molar-refractivity contribution in [3.05, 3.63) is 0 Å². The Morgan fingerprint density at radius 2 is 1.79 bits per heavy atom. The minimum Gasteiger partial charge on any atom is -0.247 e. The Balaban J connectivity index is 4.26. The summed E-state index contributed by atoms with van der Waals surface area (Å²) in [6, 6.07) is 0. The molecule has 0 N–H and O–H groups in total. The van der Waals surface area contributed by atoms with Crippen molar-refractivity contribution in [2.75, 3.05) is 0 Å². The zero-order valence-corrected chi connectivity index (χ0v) is 10.6. The average molecular weight is 202 g/mol. The van der Waals surface area contributed by atoms with E-state index >= 15 is 0 Å². The smallest absolute Gasteiger partial charge is 0.100 e. The molecule has 0 amide bonds. The molecule has 0 nitrogen and oxygen atoms in total. The summed E-state index contributed by atoms with van der Waals surface area (Å²) in [5, 5.41) is 0. The molecule has 0 saturated carbocycles. The first kappa shape index (κ1) is 13.9. The molecule has 0 bridgehead atoms. The molecule has 3 atom stereocenters. The molecule has 3 unspecified atom stereocenters. The summed E-state index contributed by atoms with van der Waals surface area (Å²) in [4.78, 5) is 0. The van der Waals surface area contributed by atoms with Gasteiger partial charge in [-0.25, -0.2) is 4.39 Å². The lowest BCUT2D eigenvalue weighted by Gasteiger charge is -2.32. The van der Waals surface area contributed by atoms with E-state index in [1.54, 1.807) is 6.92 Å². The summed E-state index contributed by atoms with van der Waals surface area (Å²) in [7, 11) is 0. The number of hydrogen-bond acceptors (Lipinski definition) is 0. The molecule has 86 valence electrons. The molecule has 1 heteroatoms. The Bertz CT molecular complexity index is 142. The predicted octanol–water partition coefficient (Wildman–Crippen LogP) is 4.98. The second-order valence-electron chi connectivity index (χ2n) is 4.96. The molecule has 0 aromatic heterocycles. The van der Waals surface area contributed by atoms with Crippen molar-refractivity contribution in [2.45, 2.75) is 72.9 Å². The first-order valence-electron chi connectivity index (χ1n) is 6.13. The fourth-order valence-electron chi connectivity index (χ4n) is 2.29. The second-order valence-corrected chi connectivity index (χ2v) is 4.96. The van der Waals surface area contributed by atoms with Gasteiger partial charge in [-0.3, -0.25) is 0 Å². The highest BCUT2D eigenvalue weighted by Crippen LogP contribution is 2.37. The minimum atomic E-state index is -0.650. The van der Waals surface area contributed by atoms with E-state index in [1.165, 1.54) is 19.3 Å². The zero-order chi connectivity index (χ0) is 11.2. The van der Waals surface area contributed by atoms with Gasteiger partial charge in [-0.2, -0.15) is 0 Å². The van der Waals surface area contributed by atoms with Crippen LogP contribution in [0.3, 0.4) is 0 Å². The van der Waals surface area contributed by atoms with Crippen LogP contribution in [-0.2, 0) is 0 Å². The third-order valence-corrected chi connectivity index (χ3v) is 3.64. The summed E-state index contributed by atoms with van der Waals surface area (Å²) in [5.74, 6) is 0.256. The van der Waals surface area contributed by atoms with E-state index < -0.39 is 6.17 Å². The van der Waals surface area contributed by atoms with Crippen molar-refractivity contribution < 1.29 is 4.39 Å². The third kappa shape index (κ3) is 4.43. The topological polar surface area (TPSA) is 0 Å². The van der Waals surface area contributed by atoms with Crippen LogP contribution >= 0.6 is 0 Å². The van der Waals surface area contributed by atoms with Gasteiger partial charge in [-0.05, 0) is 31.1 Å². The molecular formula is C13H27F. The van der Waals surface area contributed by atoms with Crippen LogP contribution in [-0.4, -0.2) is 6.17 Å². The molecule has 0 radical (unpaired) electrons. The molecular weight excluding hydrogens is 175 g/mol. The Kier molecular flexibility index (Phi) is 6.39. The quantitative estimate of drug-likeness (QED) is 0.546. The highest BCUT2D eigenvalue weighted by atomic mass is 19.1. The van der Waals surface area contributed by atoms with E-state index in [9.17, 15) is 4.39 Å². The van der Waals surface area contributed by atoms with Gasteiger partial charge in [0, 0.05) is 0 Å². The first-order valence-corrected chi connectivity index (χ1v) is 6.13. The van der Waals surface area contributed by atoms with Crippen molar-refractivity contribution in [1.29, 1.82) is 0 Å². The second kappa shape index (κ2) is 6.42. The van der Waals surface area contributed by atoms with Crippen LogP contribution in [0.25, 0.3) is 0 Å². The van der Waals surface area contributed by atoms with E-state index in [1.807, 2.05) is 0 Å². The molecule has 0 spiro atoms. The van der Waals surface area contributed by atoms with Gasteiger partial charge in [-0.1, -0.05) is 47.0 Å². The molecule has 0 aromatic rings. The average Bonchev–Trinajstić information content (AvgIpc) is 2.14. The number of hydrogen-bond donors (Lipinski definition) is 0. The van der Waals surface area contributed by atoms with Crippen LogP contribution in [0.4, 0.5) is 4.39 Å². The van der Waals surface area contributed by atoms with Crippen molar-refractivity contribution >= 4 is 0 Å². The lowest BCUT2D eigenvalue weighted by Crippen LogP contribution is -2.24. The van der Waals surface area contributed by atoms with Crippen LogP contribution in [0.2, 0.25) is 0 Å². The number of rotatable bonds is 7. The molecule has 0 heterocycles. The maximum atomic E-state index is 13.3. The first-order chi connectivity index (χ1) is 6.49. The lowest BCUT2D eigenvalue weighted by molar-refractivity contribution is 0.143. The largest absolute Gasteiger partial charge is 0.247 e. The third-order valence-electron chi connectivity index (χ3n) is 3.64. The molecule has 0 aromatic carbocycles. The van der Waals surface area contributed by atoms with Crippen LogP contribution < -0.4 is 0 Å². The monoisotopic (exact) mass is 202 g/mol. The number of halogens is 1. The molecule has 14 heavy (non-hydrogen) atoms. The summed E-state index contributed by atoms with van der Waals surface area (Å²) < 4.78 is 13.3.